The zero-order valence-electron chi connectivity index (χ0n) is 16.7. The summed E-state index contributed by atoms with van der Waals surface area (Å²) >= 11 is 0. The molecule has 2 heterocycles. The molecule has 154 valence electrons. The molecule has 0 aromatic heterocycles. The Morgan fingerprint density at radius 2 is 1.62 bits per heavy atom. The summed E-state index contributed by atoms with van der Waals surface area (Å²) < 4.78 is 33.8. The number of benzene rings is 2. The van der Waals surface area contributed by atoms with Gasteiger partial charge in [0.25, 0.3) is 0 Å². The van der Waals surface area contributed by atoms with E-state index in [1.165, 1.54) is 0 Å². The summed E-state index contributed by atoms with van der Waals surface area (Å²) in [4.78, 5) is 0. The summed E-state index contributed by atoms with van der Waals surface area (Å²) in [5, 5.41) is 11.3. The van der Waals surface area contributed by atoms with Gasteiger partial charge in [0.1, 0.15) is 5.75 Å². The Bertz CT molecular complexity index is 931. The molecular formula is C22H24O7. The maximum atomic E-state index is 11.3. The summed E-state index contributed by atoms with van der Waals surface area (Å²) in [5.41, 5.74) is 1.92. The molecule has 1 saturated carbocycles. The van der Waals surface area contributed by atoms with Crippen LogP contribution in [0.1, 0.15) is 36.3 Å². The fourth-order valence-electron chi connectivity index (χ4n) is 4.91. The van der Waals surface area contributed by atoms with Crippen LogP contribution >= 0.6 is 0 Å². The number of aliphatic hydroxyl groups is 1. The van der Waals surface area contributed by atoms with Crippen LogP contribution in [0.25, 0.3) is 0 Å². The van der Waals surface area contributed by atoms with E-state index in [9.17, 15) is 5.11 Å². The van der Waals surface area contributed by atoms with Gasteiger partial charge < -0.3 is 33.5 Å². The molecule has 2 aliphatic heterocycles. The van der Waals surface area contributed by atoms with E-state index in [4.69, 9.17) is 28.4 Å². The van der Waals surface area contributed by atoms with Gasteiger partial charge in [-0.2, -0.15) is 0 Å². The maximum Gasteiger partial charge on any atom is 0.231 e. The minimum atomic E-state index is -1.22. The number of hydrogen-bond acceptors (Lipinski definition) is 7. The molecule has 1 fully saturated rings. The largest absolute Gasteiger partial charge is 0.493 e. The molecule has 29 heavy (non-hydrogen) atoms. The second kappa shape index (κ2) is 6.62. The number of methoxy groups -OCH3 is 3. The highest BCUT2D eigenvalue weighted by Crippen LogP contribution is 2.57. The number of fused-ring (bicyclic) bond motifs is 3. The summed E-state index contributed by atoms with van der Waals surface area (Å²) in [5.74, 6) is 2.21. The second-order valence-electron chi connectivity index (χ2n) is 7.63. The van der Waals surface area contributed by atoms with Crippen molar-refractivity contribution in [1.82, 2.24) is 0 Å². The monoisotopic (exact) mass is 400 g/mol. The van der Waals surface area contributed by atoms with Gasteiger partial charge in [-0.3, -0.25) is 0 Å². The average Bonchev–Trinajstić information content (AvgIpc) is 3.34. The number of ether oxygens (including phenoxy) is 6. The third-order valence-electron chi connectivity index (χ3n) is 6.20. The number of rotatable bonds is 4. The van der Waals surface area contributed by atoms with Gasteiger partial charge in [0, 0.05) is 29.9 Å². The Labute approximate surface area is 169 Å². The maximum absolute atomic E-state index is 11.3. The van der Waals surface area contributed by atoms with E-state index in [1.54, 1.807) is 21.3 Å². The van der Waals surface area contributed by atoms with Crippen molar-refractivity contribution in [3.8, 4) is 34.5 Å². The van der Waals surface area contributed by atoms with Crippen molar-refractivity contribution in [2.24, 2.45) is 5.92 Å². The quantitative estimate of drug-likeness (QED) is 0.842. The lowest BCUT2D eigenvalue weighted by atomic mass is 9.75. The third-order valence-corrected chi connectivity index (χ3v) is 6.20. The first-order valence-corrected chi connectivity index (χ1v) is 9.73. The molecule has 7 nitrogen and oxygen atoms in total. The lowest BCUT2D eigenvalue weighted by molar-refractivity contribution is -0.175. The normalized spacial score (nSPS) is 26.3. The SMILES string of the molecule is COc1cc([C@@H]2c3cc4c(cc3O[C@@]3(O)CCC[C@H]23)OCO4)cc(OC)c1OC. The van der Waals surface area contributed by atoms with Crippen LogP contribution in [-0.2, 0) is 0 Å². The highest BCUT2D eigenvalue weighted by molar-refractivity contribution is 5.60. The lowest BCUT2D eigenvalue weighted by Gasteiger charge is -2.42. The zero-order chi connectivity index (χ0) is 20.2. The van der Waals surface area contributed by atoms with Crippen LogP contribution in [0.3, 0.4) is 0 Å². The lowest BCUT2D eigenvalue weighted by Crippen LogP contribution is -2.46. The van der Waals surface area contributed by atoms with Gasteiger partial charge in [0.2, 0.25) is 18.3 Å². The summed E-state index contributed by atoms with van der Waals surface area (Å²) in [6, 6.07) is 7.67. The molecule has 0 unspecified atom stereocenters. The van der Waals surface area contributed by atoms with Crippen molar-refractivity contribution in [2.75, 3.05) is 28.1 Å². The van der Waals surface area contributed by atoms with Gasteiger partial charge in [0.05, 0.1) is 21.3 Å². The van der Waals surface area contributed by atoms with Crippen molar-refractivity contribution in [1.29, 1.82) is 0 Å². The molecule has 3 atom stereocenters. The van der Waals surface area contributed by atoms with Crippen molar-refractivity contribution in [3.63, 3.8) is 0 Å². The predicted octanol–water partition coefficient (Wildman–Crippen LogP) is 3.45. The molecule has 0 bridgehead atoms. The van der Waals surface area contributed by atoms with Gasteiger partial charge in [-0.25, -0.2) is 0 Å². The molecule has 1 N–H and O–H groups in total. The van der Waals surface area contributed by atoms with E-state index < -0.39 is 5.79 Å². The van der Waals surface area contributed by atoms with E-state index >= 15 is 0 Å². The Hall–Kier alpha value is -2.80. The van der Waals surface area contributed by atoms with Gasteiger partial charge >= 0.3 is 0 Å². The van der Waals surface area contributed by atoms with Crippen LogP contribution in [0.5, 0.6) is 34.5 Å². The Balaban J connectivity index is 1.71. The standard InChI is InChI=1S/C22H24O7/c1-24-18-7-12(8-19(25-2)21(18)26-3)20-13-9-16-17(28-11-27-16)10-15(13)29-22(23)6-4-5-14(20)22/h7-10,14,20,23H,4-6,11H2,1-3H3/t14-,20-,22+/m1/s1. The molecule has 3 aliphatic rings. The Morgan fingerprint density at radius 1 is 0.931 bits per heavy atom. The number of hydrogen-bond donors (Lipinski definition) is 1. The smallest absolute Gasteiger partial charge is 0.231 e. The van der Waals surface area contributed by atoms with Crippen LogP contribution < -0.4 is 28.4 Å². The molecule has 0 spiro atoms. The highest BCUT2D eigenvalue weighted by Gasteiger charge is 2.53. The summed E-state index contributed by atoms with van der Waals surface area (Å²) in [6.45, 7) is 0.181. The first kappa shape index (κ1) is 18.2. The topological polar surface area (TPSA) is 75.6 Å². The first-order valence-electron chi connectivity index (χ1n) is 9.73. The molecule has 1 aliphatic carbocycles. The van der Waals surface area contributed by atoms with Crippen molar-refractivity contribution < 1.29 is 33.5 Å². The fourth-order valence-corrected chi connectivity index (χ4v) is 4.91. The van der Waals surface area contributed by atoms with E-state index in [0.717, 1.165) is 24.0 Å². The second-order valence-corrected chi connectivity index (χ2v) is 7.63. The highest BCUT2D eigenvalue weighted by atomic mass is 16.7. The zero-order valence-corrected chi connectivity index (χ0v) is 16.7. The molecule has 2 aromatic carbocycles. The van der Waals surface area contributed by atoms with Crippen molar-refractivity contribution in [3.05, 3.63) is 35.4 Å². The first-order chi connectivity index (χ1) is 14.1. The van der Waals surface area contributed by atoms with Crippen LogP contribution in [0, 0.1) is 5.92 Å². The van der Waals surface area contributed by atoms with E-state index in [1.807, 2.05) is 24.3 Å². The summed E-state index contributed by atoms with van der Waals surface area (Å²) in [6.07, 6.45) is 2.33. The molecule has 2 aromatic rings. The van der Waals surface area contributed by atoms with Crippen LogP contribution in [0.2, 0.25) is 0 Å². The van der Waals surface area contributed by atoms with Gasteiger partial charge in [-0.15, -0.1) is 0 Å². The van der Waals surface area contributed by atoms with E-state index in [2.05, 4.69) is 0 Å². The molecule has 0 amide bonds. The average molecular weight is 400 g/mol. The van der Waals surface area contributed by atoms with Crippen LogP contribution in [0.4, 0.5) is 0 Å². The fraction of sp³-hybridized carbons (Fsp3) is 0.455. The van der Waals surface area contributed by atoms with Crippen LogP contribution in [-0.4, -0.2) is 39.0 Å². The summed E-state index contributed by atoms with van der Waals surface area (Å²) in [7, 11) is 4.78. The Kier molecular flexibility index (Phi) is 4.17. The molecule has 5 rings (SSSR count). The van der Waals surface area contributed by atoms with Gasteiger partial charge in [-0.1, -0.05) is 0 Å². The van der Waals surface area contributed by atoms with E-state index in [0.29, 0.717) is 40.9 Å². The molecule has 7 heteroatoms. The van der Waals surface area contributed by atoms with Crippen molar-refractivity contribution >= 4 is 0 Å². The molecule has 0 radical (unpaired) electrons. The van der Waals surface area contributed by atoms with E-state index in [-0.39, 0.29) is 18.6 Å². The van der Waals surface area contributed by atoms with Crippen LogP contribution in [0.15, 0.2) is 24.3 Å². The molecular weight excluding hydrogens is 376 g/mol. The predicted molar refractivity (Wildman–Crippen MR) is 103 cm³/mol. The Morgan fingerprint density at radius 3 is 2.28 bits per heavy atom. The minimum absolute atomic E-state index is 0.0989. The third kappa shape index (κ3) is 2.68. The van der Waals surface area contributed by atoms with Gasteiger partial charge in [-0.05, 0) is 36.6 Å². The van der Waals surface area contributed by atoms with Crippen molar-refractivity contribution in [2.45, 2.75) is 31.0 Å². The minimum Gasteiger partial charge on any atom is -0.493 e. The molecule has 0 saturated heterocycles. The van der Waals surface area contributed by atoms with Gasteiger partial charge in [0.15, 0.2) is 23.0 Å².